The number of carbonyl (C=O) groups excluding carboxylic acids is 1. The highest BCUT2D eigenvalue weighted by molar-refractivity contribution is 7.99. The van der Waals surface area contributed by atoms with Gasteiger partial charge in [0, 0.05) is 29.2 Å². The molecule has 32 heavy (non-hydrogen) atoms. The van der Waals surface area contributed by atoms with Crippen LogP contribution in [-0.4, -0.2) is 37.9 Å². The third kappa shape index (κ3) is 4.73. The third-order valence-electron chi connectivity index (χ3n) is 5.14. The van der Waals surface area contributed by atoms with E-state index in [1.807, 2.05) is 79.9 Å². The van der Waals surface area contributed by atoms with E-state index in [-0.39, 0.29) is 11.5 Å². The number of pyridine rings is 1. The largest absolute Gasteiger partial charge is 0.494 e. The normalized spacial score (nSPS) is 10.8. The van der Waals surface area contributed by atoms with E-state index in [0.29, 0.717) is 23.2 Å². The molecule has 0 N–H and O–H groups in total. The number of thioether (sulfide) groups is 1. The number of aromatic nitrogens is 4. The number of hydrogen-bond donors (Lipinski definition) is 0. The maximum absolute atomic E-state index is 12.8. The zero-order chi connectivity index (χ0) is 22.5. The van der Waals surface area contributed by atoms with E-state index in [1.165, 1.54) is 17.3 Å². The van der Waals surface area contributed by atoms with E-state index >= 15 is 0 Å². The second kappa shape index (κ2) is 9.78. The summed E-state index contributed by atoms with van der Waals surface area (Å²) in [7, 11) is 0. The van der Waals surface area contributed by atoms with Crippen LogP contribution in [0.15, 0.2) is 72.1 Å². The number of hydrogen-bond acceptors (Lipinski definition) is 6. The van der Waals surface area contributed by atoms with E-state index in [1.54, 1.807) is 12.4 Å². The van der Waals surface area contributed by atoms with Gasteiger partial charge in [-0.2, -0.15) is 0 Å². The Hall–Kier alpha value is -3.45. The molecule has 0 aliphatic rings. The highest BCUT2D eigenvalue weighted by atomic mass is 32.2. The Morgan fingerprint density at radius 1 is 0.969 bits per heavy atom. The smallest absolute Gasteiger partial charge is 0.196 e. The lowest BCUT2D eigenvalue weighted by molar-refractivity contribution is 0.102. The minimum absolute atomic E-state index is 0.0600. The fourth-order valence-corrected chi connectivity index (χ4v) is 4.12. The number of ketones is 1. The van der Waals surface area contributed by atoms with Gasteiger partial charge in [0.15, 0.2) is 16.8 Å². The lowest BCUT2D eigenvalue weighted by Crippen LogP contribution is -2.05. The van der Waals surface area contributed by atoms with Gasteiger partial charge in [-0.05, 0) is 74.4 Å². The standard InChI is InChI=1S/C25H24N4O2S/c1-4-31-22-9-7-21(8-10-22)29-24(19-11-13-26-14-12-19)27-28-25(29)32-16-23(30)20-6-5-17(2)18(3)15-20/h5-15H,4,16H2,1-3H3. The summed E-state index contributed by atoms with van der Waals surface area (Å²) in [5.41, 5.74) is 4.78. The second-order valence-corrected chi connectivity index (χ2v) is 8.26. The average Bonchev–Trinajstić information content (AvgIpc) is 3.24. The van der Waals surface area contributed by atoms with Crippen molar-refractivity contribution in [3.05, 3.63) is 83.7 Å². The van der Waals surface area contributed by atoms with Crippen LogP contribution in [0.2, 0.25) is 0 Å². The Balaban J connectivity index is 1.65. The van der Waals surface area contributed by atoms with Gasteiger partial charge in [-0.1, -0.05) is 23.9 Å². The monoisotopic (exact) mass is 444 g/mol. The minimum atomic E-state index is 0.0600. The summed E-state index contributed by atoms with van der Waals surface area (Å²) in [5.74, 6) is 1.82. The van der Waals surface area contributed by atoms with Crippen LogP contribution in [0, 0.1) is 13.8 Å². The molecular weight excluding hydrogens is 420 g/mol. The molecule has 4 rings (SSSR count). The first-order chi connectivity index (χ1) is 15.6. The second-order valence-electron chi connectivity index (χ2n) is 7.32. The van der Waals surface area contributed by atoms with Crippen molar-refractivity contribution in [2.75, 3.05) is 12.4 Å². The Morgan fingerprint density at radius 2 is 1.72 bits per heavy atom. The predicted octanol–water partition coefficient (Wildman–Crippen LogP) is 5.32. The molecule has 2 heterocycles. The summed E-state index contributed by atoms with van der Waals surface area (Å²) in [6.45, 7) is 6.62. The van der Waals surface area contributed by atoms with E-state index in [2.05, 4.69) is 15.2 Å². The molecule has 0 saturated heterocycles. The van der Waals surface area contributed by atoms with Crippen molar-refractivity contribution < 1.29 is 9.53 Å². The van der Waals surface area contributed by atoms with E-state index in [9.17, 15) is 4.79 Å². The van der Waals surface area contributed by atoms with Crippen LogP contribution in [0.4, 0.5) is 0 Å². The van der Waals surface area contributed by atoms with Crippen LogP contribution in [-0.2, 0) is 0 Å². The highest BCUT2D eigenvalue weighted by Gasteiger charge is 2.18. The topological polar surface area (TPSA) is 69.9 Å². The number of benzene rings is 2. The highest BCUT2D eigenvalue weighted by Crippen LogP contribution is 2.29. The zero-order valence-electron chi connectivity index (χ0n) is 18.3. The van der Waals surface area contributed by atoms with Crippen molar-refractivity contribution in [3.8, 4) is 22.8 Å². The Morgan fingerprint density at radius 3 is 2.41 bits per heavy atom. The maximum Gasteiger partial charge on any atom is 0.196 e. The molecule has 0 bridgehead atoms. The molecule has 6 nitrogen and oxygen atoms in total. The number of rotatable bonds is 8. The van der Waals surface area contributed by atoms with Crippen LogP contribution in [0.5, 0.6) is 5.75 Å². The average molecular weight is 445 g/mol. The van der Waals surface area contributed by atoms with Crippen molar-refractivity contribution in [2.24, 2.45) is 0 Å². The summed E-state index contributed by atoms with van der Waals surface area (Å²) >= 11 is 1.38. The van der Waals surface area contributed by atoms with Crippen molar-refractivity contribution in [2.45, 2.75) is 25.9 Å². The molecule has 0 aliphatic carbocycles. The molecule has 2 aromatic carbocycles. The molecule has 0 atom stereocenters. The number of aryl methyl sites for hydroxylation is 2. The first kappa shape index (κ1) is 21.8. The molecule has 7 heteroatoms. The van der Waals surface area contributed by atoms with Crippen LogP contribution in [0.25, 0.3) is 17.1 Å². The van der Waals surface area contributed by atoms with E-state index < -0.39 is 0 Å². The molecule has 2 aromatic heterocycles. The number of Topliss-reactive ketones (excluding diaryl/α,β-unsaturated/α-hetero) is 1. The van der Waals surface area contributed by atoms with Gasteiger partial charge in [0.2, 0.25) is 0 Å². The number of carbonyl (C=O) groups is 1. The van der Waals surface area contributed by atoms with Gasteiger partial charge in [-0.3, -0.25) is 14.3 Å². The molecule has 0 fully saturated rings. The molecule has 0 unspecified atom stereocenters. The quantitative estimate of drug-likeness (QED) is 0.271. The predicted molar refractivity (Wildman–Crippen MR) is 127 cm³/mol. The first-order valence-corrected chi connectivity index (χ1v) is 11.4. The van der Waals surface area contributed by atoms with Gasteiger partial charge < -0.3 is 4.74 Å². The third-order valence-corrected chi connectivity index (χ3v) is 6.07. The van der Waals surface area contributed by atoms with Gasteiger partial charge in [-0.25, -0.2) is 0 Å². The Labute approximate surface area is 191 Å². The van der Waals surface area contributed by atoms with Gasteiger partial charge in [0.25, 0.3) is 0 Å². The maximum atomic E-state index is 12.8. The van der Waals surface area contributed by atoms with Crippen molar-refractivity contribution in [1.82, 2.24) is 19.7 Å². The Kier molecular flexibility index (Phi) is 6.66. The fraction of sp³-hybridized carbons (Fsp3) is 0.200. The van der Waals surface area contributed by atoms with Crippen LogP contribution in [0.3, 0.4) is 0 Å². The van der Waals surface area contributed by atoms with Crippen molar-refractivity contribution >= 4 is 17.5 Å². The summed E-state index contributed by atoms with van der Waals surface area (Å²) < 4.78 is 7.53. The molecule has 162 valence electrons. The Bertz CT molecular complexity index is 1220. The minimum Gasteiger partial charge on any atom is -0.494 e. The lowest BCUT2D eigenvalue weighted by atomic mass is 10.0. The van der Waals surface area contributed by atoms with E-state index in [0.717, 1.165) is 22.6 Å². The summed E-state index contributed by atoms with van der Waals surface area (Å²) in [4.78, 5) is 16.9. The molecule has 0 spiro atoms. The summed E-state index contributed by atoms with van der Waals surface area (Å²) in [5, 5.41) is 9.47. The van der Waals surface area contributed by atoms with Crippen LogP contribution < -0.4 is 4.74 Å². The lowest BCUT2D eigenvalue weighted by Gasteiger charge is -2.11. The van der Waals surface area contributed by atoms with Gasteiger partial charge in [0.1, 0.15) is 5.75 Å². The van der Waals surface area contributed by atoms with E-state index in [4.69, 9.17) is 4.74 Å². The van der Waals surface area contributed by atoms with Crippen molar-refractivity contribution in [1.29, 1.82) is 0 Å². The van der Waals surface area contributed by atoms with Crippen LogP contribution >= 0.6 is 11.8 Å². The van der Waals surface area contributed by atoms with Gasteiger partial charge in [-0.15, -0.1) is 10.2 Å². The molecule has 0 aliphatic heterocycles. The summed E-state index contributed by atoms with van der Waals surface area (Å²) in [6, 6.07) is 17.4. The van der Waals surface area contributed by atoms with Gasteiger partial charge in [0.05, 0.1) is 12.4 Å². The van der Waals surface area contributed by atoms with Gasteiger partial charge >= 0.3 is 0 Å². The molecule has 0 amide bonds. The summed E-state index contributed by atoms with van der Waals surface area (Å²) in [6.07, 6.45) is 3.45. The molecule has 0 saturated carbocycles. The molecule has 4 aromatic rings. The van der Waals surface area contributed by atoms with Crippen molar-refractivity contribution in [3.63, 3.8) is 0 Å². The molecular formula is C25H24N4O2S. The molecule has 0 radical (unpaired) electrons. The number of nitrogens with zero attached hydrogens (tertiary/aromatic N) is 4. The first-order valence-electron chi connectivity index (χ1n) is 10.4. The van der Waals surface area contributed by atoms with Crippen LogP contribution in [0.1, 0.15) is 28.4 Å². The zero-order valence-corrected chi connectivity index (χ0v) is 19.1. The number of ether oxygens (including phenoxy) is 1. The fourth-order valence-electron chi connectivity index (χ4n) is 3.27. The SMILES string of the molecule is CCOc1ccc(-n2c(SCC(=O)c3ccc(C)c(C)c3)nnc2-c2ccncc2)cc1.